The van der Waals surface area contributed by atoms with Gasteiger partial charge < -0.3 is 24.3 Å². The van der Waals surface area contributed by atoms with Crippen molar-refractivity contribution in [2.75, 3.05) is 50.1 Å². The summed E-state index contributed by atoms with van der Waals surface area (Å²) < 4.78 is 24.2. The first-order valence-corrected chi connectivity index (χ1v) is 10.3. The number of carbonyl (C=O) groups is 1. The molecule has 8 heteroatoms. The van der Waals surface area contributed by atoms with Crippen LogP contribution in [0.4, 0.5) is 15.8 Å². The van der Waals surface area contributed by atoms with Crippen LogP contribution >= 0.6 is 0 Å². The maximum Gasteiger partial charge on any atom is 0.279 e. The Morgan fingerprint density at radius 3 is 2.55 bits per heavy atom. The van der Waals surface area contributed by atoms with Crippen molar-refractivity contribution in [2.24, 2.45) is 0 Å². The van der Waals surface area contributed by atoms with Crippen LogP contribution in [0.3, 0.4) is 0 Å². The molecule has 1 aliphatic heterocycles. The largest absolute Gasteiger partial charge is 0.435 e. The van der Waals surface area contributed by atoms with Crippen molar-refractivity contribution in [3.63, 3.8) is 0 Å². The van der Waals surface area contributed by atoms with Crippen LogP contribution in [0.15, 0.2) is 59.1 Å². The second kappa shape index (κ2) is 9.72. The van der Waals surface area contributed by atoms with E-state index in [1.807, 2.05) is 31.3 Å². The Bertz CT molecular complexity index is 998. The third kappa shape index (κ3) is 5.68. The number of nitrogens with one attached hydrogen (secondary N) is 2. The predicted octanol–water partition coefficient (Wildman–Crippen LogP) is 1.97. The molecule has 1 fully saturated rings. The Hall–Kier alpha value is -3.23. The molecular formula is C23H26FN4O3+. The number of ether oxygens (including phenoxy) is 1. The molecule has 1 aliphatic rings. The van der Waals surface area contributed by atoms with Crippen molar-refractivity contribution in [3.05, 3.63) is 66.4 Å². The van der Waals surface area contributed by atoms with Crippen LogP contribution in [0, 0.1) is 5.82 Å². The van der Waals surface area contributed by atoms with Gasteiger partial charge in [-0.25, -0.2) is 9.37 Å². The first-order valence-electron chi connectivity index (χ1n) is 10.3. The van der Waals surface area contributed by atoms with Crippen LogP contribution in [0.2, 0.25) is 0 Å². The molecule has 3 aromatic rings. The average molecular weight is 425 g/mol. The number of hydrogen-bond acceptors (Lipinski definition) is 5. The van der Waals surface area contributed by atoms with Gasteiger partial charge in [0.1, 0.15) is 5.82 Å². The standard InChI is InChI=1S/C23H25FN4O3/c1-27(16-23-25-14-21(31-23)17-2-4-18(24)5-3-17)15-22(29)26-19-6-8-20(9-7-19)28-10-12-30-13-11-28/h2-9,14H,10-13,15-16H2,1H3,(H,26,29)/p+1. The van der Waals surface area contributed by atoms with E-state index < -0.39 is 0 Å². The van der Waals surface area contributed by atoms with Crippen LogP contribution < -0.4 is 15.1 Å². The van der Waals surface area contributed by atoms with Crippen molar-refractivity contribution in [1.82, 2.24) is 4.98 Å². The maximum absolute atomic E-state index is 13.1. The molecule has 7 nitrogen and oxygen atoms in total. The van der Waals surface area contributed by atoms with Crippen molar-refractivity contribution in [2.45, 2.75) is 6.54 Å². The van der Waals surface area contributed by atoms with Crippen molar-refractivity contribution in [1.29, 1.82) is 0 Å². The Morgan fingerprint density at radius 2 is 1.84 bits per heavy atom. The number of carbonyl (C=O) groups excluding carboxylic acids is 1. The van der Waals surface area contributed by atoms with Crippen LogP contribution in [0.25, 0.3) is 11.3 Å². The molecular weight excluding hydrogens is 399 g/mol. The number of halogens is 1. The normalized spacial score (nSPS) is 15.0. The third-order valence-corrected chi connectivity index (χ3v) is 5.12. The molecule has 0 radical (unpaired) electrons. The number of anilines is 2. The molecule has 1 aromatic heterocycles. The number of nitrogens with zero attached hydrogens (tertiary/aromatic N) is 2. The molecule has 0 aliphatic carbocycles. The van der Waals surface area contributed by atoms with Crippen molar-refractivity contribution < 1.29 is 23.2 Å². The summed E-state index contributed by atoms with van der Waals surface area (Å²) in [6.07, 6.45) is 1.62. The van der Waals surface area contributed by atoms with E-state index in [9.17, 15) is 9.18 Å². The van der Waals surface area contributed by atoms with Crippen LogP contribution in [0.5, 0.6) is 0 Å². The number of oxazole rings is 1. The molecule has 1 saturated heterocycles. The van der Waals surface area contributed by atoms with Gasteiger partial charge in [0.05, 0.1) is 26.5 Å². The van der Waals surface area contributed by atoms with Gasteiger partial charge in [-0.2, -0.15) is 0 Å². The van der Waals surface area contributed by atoms with Crippen LogP contribution in [-0.2, 0) is 16.1 Å². The Kier molecular flexibility index (Phi) is 6.59. The first kappa shape index (κ1) is 21.0. The zero-order chi connectivity index (χ0) is 21.6. The highest BCUT2D eigenvalue weighted by molar-refractivity contribution is 5.91. The summed E-state index contributed by atoms with van der Waals surface area (Å²) in [5.74, 6) is 0.725. The fourth-order valence-corrected chi connectivity index (χ4v) is 3.52. The van der Waals surface area contributed by atoms with Gasteiger partial charge >= 0.3 is 0 Å². The minimum absolute atomic E-state index is 0.0815. The summed E-state index contributed by atoms with van der Waals surface area (Å²) in [7, 11) is 1.91. The molecule has 2 aromatic carbocycles. The summed E-state index contributed by atoms with van der Waals surface area (Å²) in [4.78, 5) is 19.9. The van der Waals surface area contributed by atoms with Crippen molar-refractivity contribution in [3.8, 4) is 11.3 Å². The smallest absolute Gasteiger partial charge is 0.279 e. The zero-order valence-corrected chi connectivity index (χ0v) is 17.4. The number of aromatic nitrogens is 1. The molecule has 0 saturated carbocycles. The van der Waals surface area contributed by atoms with Gasteiger partial charge in [0.25, 0.3) is 11.8 Å². The highest BCUT2D eigenvalue weighted by Gasteiger charge is 2.16. The lowest BCUT2D eigenvalue weighted by Crippen LogP contribution is -3.08. The lowest BCUT2D eigenvalue weighted by molar-refractivity contribution is -0.886. The second-order valence-electron chi connectivity index (χ2n) is 7.63. The molecule has 1 unspecified atom stereocenters. The minimum Gasteiger partial charge on any atom is -0.435 e. The highest BCUT2D eigenvalue weighted by atomic mass is 19.1. The third-order valence-electron chi connectivity index (χ3n) is 5.12. The Labute approximate surface area is 180 Å². The van der Waals surface area contributed by atoms with Crippen LogP contribution in [0.1, 0.15) is 5.89 Å². The number of rotatable bonds is 7. The van der Waals surface area contributed by atoms with E-state index in [1.54, 1.807) is 18.3 Å². The van der Waals surface area contributed by atoms with E-state index in [1.165, 1.54) is 12.1 Å². The lowest BCUT2D eigenvalue weighted by atomic mass is 10.2. The first-order chi connectivity index (χ1) is 15.1. The molecule has 31 heavy (non-hydrogen) atoms. The number of likely N-dealkylation sites (N-methyl/N-ethyl adjacent to an activating group) is 1. The predicted molar refractivity (Wildman–Crippen MR) is 115 cm³/mol. The van der Waals surface area contributed by atoms with Gasteiger partial charge in [-0.05, 0) is 48.5 Å². The monoisotopic (exact) mass is 425 g/mol. The molecule has 1 amide bonds. The van der Waals surface area contributed by atoms with Gasteiger partial charge in [-0.1, -0.05) is 0 Å². The van der Waals surface area contributed by atoms with E-state index in [-0.39, 0.29) is 18.3 Å². The number of benzene rings is 2. The topological polar surface area (TPSA) is 72.0 Å². The van der Waals surface area contributed by atoms with Gasteiger partial charge in [0, 0.05) is 30.0 Å². The SMILES string of the molecule is C[NH+](CC(=O)Nc1ccc(N2CCOCC2)cc1)Cc1ncc(-c2ccc(F)cc2)o1. The van der Waals surface area contributed by atoms with Gasteiger partial charge in [0.15, 0.2) is 18.8 Å². The molecule has 162 valence electrons. The molecule has 1 atom stereocenters. The molecule has 0 spiro atoms. The number of hydrogen-bond donors (Lipinski definition) is 2. The summed E-state index contributed by atoms with van der Waals surface area (Å²) in [5, 5.41) is 2.94. The second-order valence-corrected chi connectivity index (χ2v) is 7.63. The lowest BCUT2D eigenvalue weighted by Gasteiger charge is -2.28. The fourth-order valence-electron chi connectivity index (χ4n) is 3.52. The zero-order valence-electron chi connectivity index (χ0n) is 17.4. The molecule has 0 bridgehead atoms. The summed E-state index contributed by atoms with van der Waals surface area (Å²) in [6.45, 7) is 3.98. The number of quaternary nitrogens is 1. The summed E-state index contributed by atoms with van der Waals surface area (Å²) in [5.41, 5.74) is 2.66. The number of morpholine rings is 1. The van der Waals surface area contributed by atoms with Gasteiger partial charge in [0.2, 0.25) is 0 Å². The Balaban J connectivity index is 1.27. The number of amides is 1. The molecule has 2 N–H and O–H groups in total. The van der Waals surface area contributed by atoms with Gasteiger partial charge in [-0.15, -0.1) is 0 Å². The quantitative estimate of drug-likeness (QED) is 0.606. The van der Waals surface area contributed by atoms with E-state index in [0.29, 0.717) is 18.2 Å². The van der Waals surface area contributed by atoms with E-state index in [4.69, 9.17) is 9.15 Å². The average Bonchev–Trinajstić information content (AvgIpc) is 3.23. The van der Waals surface area contributed by atoms with E-state index >= 15 is 0 Å². The van der Waals surface area contributed by atoms with Crippen molar-refractivity contribution >= 4 is 17.3 Å². The fraction of sp³-hybridized carbons (Fsp3) is 0.304. The molecule has 2 heterocycles. The minimum atomic E-state index is -0.297. The maximum atomic E-state index is 13.1. The van der Waals surface area contributed by atoms with Crippen LogP contribution in [-0.4, -0.2) is 50.8 Å². The highest BCUT2D eigenvalue weighted by Crippen LogP contribution is 2.20. The summed E-state index contributed by atoms with van der Waals surface area (Å²) in [6, 6.07) is 13.9. The summed E-state index contributed by atoms with van der Waals surface area (Å²) >= 11 is 0. The van der Waals surface area contributed by atoms with E-state index in [0.717, 1.165) is 48.1 Å². The van der Waals surface area contributed by atoms with Gasteiger partial charge in [-0.3, -0.25) is 4.79 Å². The molecule has 4 rings (SSSR count). The van der Waals surface area contributed by atoms with E-state index in [2.05, 4.69) is 15.2 Å². The Morgan fingerprint density at radius 1 is 1.13 bits per heavy atom.